The molecule has 0 aromatic carbocycles. The monoisotopic (exact) mass is 536 g/mol. The van der Waals surface area contributed by atoms with Crippen LogP contribution in [0, 0.1) is 11.8 Å². The maximum absolute atomic E-state index is 12.2. The Balaban J connectivity index is 1.46. The molecule has 2 N–H and O–H groups in total. The molecule has 0 saturated heterocycles. The Bertz CT molecular complexity index is 700. The lowest BCUT2D eigenvalue weighted by molar-refractivity contribution is -0.140. The maximum atomic E-state index is 12.2. The number of urea groups is 2. The number of esters is 2. The first-order valence-corrected chi connectivity index (χ1v) is 14.3. The average Bonchev–Trinajstić information content (AvgIpc) is 2.94. The molecule has 0 heterocycles. The molecule has 2 aliphatic carbocycles. The van der Waals surface area contributed by atoms with Gasteiger partial charge in [-0.3, -0.25) is 0 Å². The van der Waals surface area contributed by atoms with Crippen LogP contribution in [0.1, 0.15) is 77.0 Å². The Kier molecular flexibility index (Phi) is 15.3. The third-order valence-corrected chi connectivity index (χ3v) is 7.35. The Hall–Kier alpha value is -2.78. The Morgan fingerprint density at radius 3 is 1.39 bits per heavy atom. The van der Waals surface area contributed by atoms with E-state index in [1.165, 1.54) is 64.2 Å². The molecular formula is C28H48N4O6. The molecule has 10 nitrogen and oxygen atoms in total. The summed E-state index contributed by atoms with van der Waals surface area (Å²) in [6, 6.07) is -0.230. The number of carbonyl (C=O) groups excluding carboxylic acids is 4. The smallest absolute Gasteiger partial charge is 0.331 e. The summed E-state index contributed by atoms with van der Waals surface area (Å²) in [7, 11) is 3.44. The molecule has 0 aromatic heterocycles. The first kappa shape index (κ1) is 31.4. The van der Waals surface area contributed by atoms with Crippen molar-refractivity contribution in [3.8, 4) is 0 Å². The van der Waals surface area contributed by atoms with E-state index in [1.807, 2.05) is 0 Å². The van der Waals surface area contributed by atoms with Gasteiger partial charge in [-0.15, -0.1) is 0 Å². The second-order valence-electron chi connectivity index (χ2n) is 10.6. The topological polar surface area (TPSA) is 117 Å². The van der Waals surface area contributed by atoms with Gasteiger partial charge in [0.05, 0.1) is 13.2 Å². The van der Waals surface area contributed by atoms with Crippen LogP contribution in [0.2, 0.25) is 0 Å². The molecule has 2 rings (SSSR count). The van der Waals surface area contributed by atoms with E-state index in [1.54, 1.807) is 23.9 Å². The predicted octanol–water partition coefficient (Wildman–Crippen LogP) is 3.85. The number of nitrogens with zero attached hydrogens (tertiary/aromatic N) is 2. The molecule has 216 valence electrons. The van der Waals surface area contributed by atoms with Crippen molar-refractivity contribution in [1.29, 1.82) is 0 Å². The number of amides is 4. The van der Waals surface area contributed by atoms with Crippen molar-refractivity contribution < 1.29 is 28.7 Å². The SMILES string of the molecule is CN(CCCOC(=O)/C=C/C(=O)OCCCN(C)C(=O)NCC1CCCCC1)C(=O)NCC1CCCCC1. The number of carbonyl (C=O) groups is 4. The molecule has 2 aliphatic rings. The number of hydrogen-bond acceptors (Lipinski definition) is 6. The summed E-state index contributed by atoms with van der Waals surface area (Å²) in [4.78, 5) is 51.2. The molecule has 10 heteroatoms. The van der Waals surface area contributed by atoms with Crippen LogP contribution in [-0.2, 0) is 19.1 Å². The largest absolute Gasteiger partial charge is 0.462 e. The van der Waals surface area contributed by atoms with Crippen molar-refractivity contribution in [2.24, 2.45) is 11.8 Å². The molecule has 2 fully saturated rings. The minimum absolute atomic E-state index is 0.115. The molecule has 2 saturated carbocycles. The van der Waals surface area contributed by atoms with Gasteiger partial charge in [0.15, 0.2) is 0 Å². The van der Waals surface area contributed by atoms with Gasteiger partial charge in [-0.1, -0.05) is 38.5 Å². The molecule has 0 unspecified atom stereocenters. The molecule has 4 amide bonds. The molecule has 0 aliphatic heterocycles. The highest BCUT2D eigenvalue weighted by atomic mass is 16.5. The van der Waals surface area contributed by atoms with E-state index in [2.05, 4.69) is 10.6 Å². The van der Waals surface area contributed by atoms with Gasteiger partial charge in [0, 0.05) is 52.4 Å². The second kappa shape index (κ2) is 18.5. The normalized spacial score (nSPS) is 16.6. The third-order valence-electron chi connectivity index (χ3n) is 7.35. The Morgan fingerprint density at radius 1 is 0.658 bits per heavy atom. The van der Waals surface area contributed by atoms with E-state index in [4.69, 9.17) is 9.47 Å². The summed E-state index contributed by atoms with van der Waals surface area (Å²) in [5.41, 5.74) is 0. The van der Waals surface area contributed by atoms with Crippen LogP contribution in [-0.4, -0.2) is 87.3 Å². The first-order valence-electron chi connectivity index (χ1n) is 14.3. The predicted molar refractivity (Wildman–Crippen MR) is 145 cm³/mol. The number of rotatable bonds is 14. The van der Waals surface area contributed by atoms with E-state index in [-0.39, 0.29) is 25.3 Å². The van der Waals surface area contributed by atoms with E-state index in [9.17, 15) is 19.2 Å². The van der Waals surface area contributed by atoms with Crippen molar-refractivity contribution in [3.63, 3.8) is 0 Å². The number of ether oxygens (including phenoxy) is 2. The van der Waals surface area contributed by atoms with Crippen molar-refractivity contribution in [3.05, 3.63) is 12.2 Å². The summed E-state index contributed by atoms with van der Waals surface area (Å²) in [6.45, 7) is 2.64. The number of nitrogens with one attached hydrogen (secondary N) is 2. The zero-order chi connectivity index (χ0) is 27.6. The quantitative estimate of drug-likeness (QED) is 0.198. The zero-order valence-corrected chi connectivity index (χ0v) is 23.4. The molecule has 38 heavy (non-hydrogen) atoms. The third kappa shape index (κ3) is 13.7. The lowest BCUT2D eigenvalue weighted by atomic mass is 9.89. The van der Waals surface area contributed by atoms with Gasteiger partial charge in [0.2, 0.25) is 0 Å². The standard InChI is InChI=1S/C28H48N4O6/c1-31(27(35)29-21-23-11-5-3-6-12-23)17-9-19-37-25(33)15-16-26(34)38-20-10-18-32(2)28(36)30-22-24-13-7-4-8-14-24/h15-16,23-24H,3-14,17-22H2,1-2H3,(H,29,35)(H,30,36)/b16-15+. The Labute approximate surface area is 227 Å². The van der Waals surface area contributed by atoms with E-state index in [0.717, 1.165) is 12.2 Å². The van der Waals surface area contributed by atoms with Gasteiger partial charge in [-0.25, -0.2) is 19.2 Å². The molecule has 0 bridgehead atoms. The van der Waals surface area contributed by atoms with Gasteiger partial charge in [0.1, 0.15) is 0 Å². The van der Waals surface area contributed by atoms with Crippen molar-refractivity contribution in [2.75, 3.05) is 53.5 Å². The van der Waals surface area contributed by atoms with Gasteiger partial charge in [0.25, 0.3) is 0 Å². The molecule has 0 spiro atoms. The van der Waals surface area contributed by atoms with Gasteiger partial charge >= 0.3 is 24.0 Å². The lowest BCUT2D eigenvalue weighted by Gasteiger charge is -2.24. The number of hydrogen-bond donors (Lipinski definition) is 2. The summed E-state index contributed by atoms with van der Waals surface area (Å²) in [5, 5.41) is 5.96. The Morgan fingerprint density at radius 2 is 1.03 bits per heavy atom. The first-order chi connectivity index (χ1) is 18.3. The fourth-order valence-corrected chi connectivity index (χ4v) is 4.90. The van der Waals surface area contributed by atoms with Crippen LogP contribution < -0.4 is 10.6 Å². The van der Waals surface area contributed by atoms with Gasteiger partial charge < -0.3 is 29.9 Å². The van der Waals surface area contributed by atoms with E-state index in [0.29, 0.717) is 50.9 Å². The molecule has 0 atom stereocenters. The highest BCUT2D eigenvalue weighted by Gasteiger charge is 2.17. The fourth-order valence-electron chi connectivity index (χ4n) is 4.90. The lowest BCUT2D eigenvalue weighted by Crippen LogP contribution is -2.40. The summed E-state index contributed by atoms with van der Waals surface area (Å²) in [6.07, 6.45) is 15.3. The van der Waals surface area contributed by atoms with Crippen LogP contribution in [0.25, 0.3) is 0 Å². The minimum atomic E-state index is -0.638. The van der Waals surface area contributed by atoms with Crippen molar-refractivity contribution in [2.45, 2.75) is 77.0 Å². The molecule has 0 radical (unpaired) electrons. The molecular weight excluding hydrogens is 488 g/mol. The van der Waals surface area contributed by atoms with Gasteiger partial charge in [-0.2, -0.15) is 0 Å². The maximum Gasteiger partial charge on any atom is 0.331 e. The summed E-state index contributed by atoms with van der Waals surface area (Å²) in [5.74, 6) is -0.130. The summed E-state index contributed by atoms with van der Waals surface area (Å²) >= 11 is 0. The minimum Gasteiger partial charge on any atom is -0.462 e. The zero-order valence-electron chi connectivity index (χ0n) is 23.4. The van der Waals surface area contributed by atoms with Crippen LogP contribution in [0.3, 0.4) is 0 Å². The second-order valence-corrected chi connectivity index (χ2v) is 10.6. The van der Waals surface area contributed by atoms with Crippen molar-refractivity contribution in [1.82, 2.24) is 20.4 Å². The van der Waals surface area contributed by atoms with Crippen LogP contribution in [0.5, 0.6) is 0 Å². The highest BCUT2D eigenvalue weighted by molar-refractivity contribution is 5.91. The van der Waals surface area contributed by atoms with Crippen molar-refractivity contribution >= 4 is 24.0 Å². The fraction of sp³-hybridized carbons (Fsp3) is 0.786. The van der Waals surface area contributed by atoms with E-state index >= 15 is 0 Å². The average molecular weight is 537 g/mol. The summed E-state index contributed by atoms with van der Waals surface area (Å²) < 4.78 is 10.2. The van der Waals surface area contributed by atoms with Crippen LogP contribution in [0.15, 0.2) is 12.2 Å². The highest BCUT2D eigenvalue weighted by Crippen LogP contribution is 2.23. The molecule has 0 aromatic rings. The van der Waals surface area contributed by atoms with Gasteiger partial charge in [-0.05, 0) is 50.4 Å². The van der Waals surface area contributed by atoms with Crippen LogP contribution >= 0.6 is 0 Å². The van der Waals surface area contributed by atoms with E-state index < -0.39 is 11.9 Å². The van der Waals surface area contributed by atoms with Crippen LogP contribution in [0.4, 0.5) is 9.59 Å².